The summed E-state index contributed by atoms with van der Waals surface area (Å²) < 4.78 is 8.09. The van der Waals surface area contributed by atoms with Gasteiger partial charge in [0, 0.05) is 4.43 Å². The van der Waals surface area contributed by atoms with Gasteiger partial charge in [0.2, 0.25) is 0 Å². The summed E-state index contributed by atoms with van der Waals surface area (Å²) >= 11 is 6.05. The van der Waals surface area contributed by atoms with Crippen LogP contribution in [0.3, 0.4) is 0 Å². The third-order valence-corrected chi connectivity index (χ3v) is 4.79. The van der Waals surface area contributed by atoms with E-state index in [1.807, 2.05) is 0 Å². The zero-order chi connectivity index (χ0) is 13.2. The van der Waals surface area contributed by atoms with Crippen LogP contribution in [0, 0.1) is 0 Å². The van der Waals surface area contributed by atoms with E-state index in [9.17, 15) is 0 Å². The molecule has 0 saturated carbocycles. The molecule has 17 heavy (non-hydrogen) atoms. The molecule has 0 saturated heterocycles. The number of hydrogen-bond acceptors (Lipinski definition) is 1. The minimum atomic E-state index is -0.727. The van der Waals surface area contributed by atoms with Crippen molar-refractivity contribution in [2.75, 3.05) is 0 Å². The molecule has 0 heterocycles. The summed E-state index contributed by atoms with van der Waals surface area (Å²) in [5.74, 6) is 1.00. The van der Waals surface area contributed by atoms with Crippen LogP contribution in [0.1, 0.15) is 31.9 Å². The van der Waals surface area contributed by atoms with Gasteiger partial charge in [0.15, 0.2) is 0 Å². The molecule has 0 aliphatic heterocycles. The predicted octanol–water partition coefficient (Wildman–Crippen LogP) is 5.31. The smallest absolute Gasteiger partial charge is 0.274 e. The van der Waals surface area contributed by atoms with Gasteiger partial charge in [0.1, 0.15) is 5.75 Å². The van der Waals surface area contributed by atoms with Crippen molar-refractivity contribution >= 4 is 47.6 Å². The van der Waals surface area contributed by atoms with E-state index in [1.54, 1.807) is 0 Å². The Balaban J connectivity index is 3.28. The average Bonchev–Trinajstić information content (AvgIpc) is 2.18. The van der Waals surface area contributed by atoms with Gasteiger partial charge in [-0.25, -0.2) is 0 Å². The lowest BCUT2D eigenvalue weighted by Crippen LogP contribution is -2.15. The lowest BCUT2D eigenvalue weighted by Gasteiger charge is -2.23. The first kappa shape index (κ1) is 15.5. The second-order valence-corrected chi connectivity index (χ2v) is 8.92. The fourth-order valence-electron chi connectivity index (χ4n) is 1.48. The molecule has 0 bridgehead atoms. The van der Waals surface area contributed by atoms with Crippen LogP contribution < -0.4 is 4.43 Å². The Bertz CT molecular complexity index is 399. The molecule has 0 amide bonds. The summed E-state index contributed by atoms with van der Waals surface area (Å²) in [6.07, 6.45) is 0. The Labute approximate surface area is 128 Å². The van der Waals surface area contributed by atoms with Crippen molar-refractivity contribution in [1.29, 1.82) is 0 Å². The monoisotopic (exact) mass is 425 g/mol. The van der Waals surface area contributed by atoms with E-state index in [-0.39, 0.29) is 5.41 Å². The summed E-state index contributed by atoms with van der Waals surface area (Å²) in [6.45, 7) is 11.0. The first-order chi connectivity index (χ1) is 7.75. The number of rotatable bonds is 3. The summed E-state index contributed by atoms with van der Waals surface area (Å²) in [7, 11) is -0.727. The van der Waals surface area contributed by atoms with Crippen molar-refractivity contribution in [3.8, 4) is 5.75 Å². The van der Waals surface area contributed by atoms with E-state index in [0.717, 1.165) is 14.6 Å². The number of benzene rings is 1. The van der Waals surface area contributed by atoms with Gasteiger partial charge in [-0.2, -0.15) is 0 Å². The molecule has 1 radical (unpaired) electrons. The van der Waals surface area contributed by atoms with Crippen LogP contribution in [-0.4, -0.2) is 9.04 Å². The Morgan fingerprint density at radius 1 is 1.29 bits per heavy atom. The van der Waals surface area contributed by atoms with Gasteiger partial charge in [-0.1, -0.05) is 49.4 Å². The van der Waals surface area contributed by atoms with Crippen LogP contribution >= 0.6 is 38.5 Å². The quantitative estimate of drug-likeness (QED) is 0.362. The van der Waals surface area contributed by atoms with Crippen LogP contribution in [-0.2, 0) is 9.84 Å². The molecule has 1 aromatic carbocycles. The van der Waals surface area contributed by atoms with Gasteiger partial charge >= 0.3 is 0 Å². The van der Waals surface area contributed by atoms with Crippen LogP contribution in [0.25, 0.3) is 0 Å². The molecule has 0 aromatic heterocycles. The summed E-state index contributed by atoms with van der Waals surface area (Å²) in [6, 6.07) is 4.46. The highest BCUT2D eigenvalue weighted by molar-refractivity contribution is 14.1. The van der Waals surface area contributed by atoms with Gasteiger partial charge < -0.3 is 4.43 Å². The zero-order valence-electron chi connectivity index (χ0n) is 11.0. The molecule has 1 rings (SSSR count). The first-order valence-electron chi connectivity index (χ1n) is 5.62. The molecule has 0 N–H and O–H groups in total. The standard InChI is InChI=1S/C13H19BrIOSi/c1-13(2,3)10-6-9(8-15)12(14)11(7-10)16-17(4)5/h6-7H,8H2,1-5H3. The van der Waals surface area contributed by atoms with Crippen molar-refractivity contribution in [2.24, 2.45) is 0 Å². The maximum absolute atomic E-state index is 5.97. The molecule has 1 nitrogen and oxygen atoms in total. The average molecular weight is 426 g/mol. The number of halogens is 2. The molecule has 95 valence electrons. The van der Waals surface area contributed by atoms with E-state index in [4.69, 9.17) is 4.43 Å². The molecule has 0 fully saturated rings. The Kier molecular flexibility index (Phi) is 5.53. The Hall–Kier alpha value is 0.447. The van der Waals surface area contributed by atoms with Crippen LogP contribution in [0.15, 0.2) is 16.6 Å². The SMILES string of the molecule is C[Si](C)Oc1cc(C(C)(C)C)cc(CI)c1Br. The maximum Gasteiger partial charge on any atom is 0.274 e. The summed E-state index contributed by atoms with van der Waals surface area (Å²) in [5.41, 5.74) is 2.82. The molecule has 0 atom stereocenters. The Morgan fingerprint density at radius 2 is 1.88 bits per heavy atom. The van der Waals surface area contributed by atoms with Crippen molar-refractivity contribution in [2.45, 2.75) is 43.7 Å². The van der Waals surface area contributed by atoms with Crippen molar-refractivity contribution in [3.63, 3.8) is 0 Å². The predicted molar refractivity (Wildman–Crippen MR) is 88.7 cm³/mol. The normalized spacial score (nSPS) is 12.0. The third kappa shape index (κ3) is 4.24. The fourth-order valence-corrected chi connectivity index (χ4v) is 3.81. The van der Waals surface area contributed by atoms with E-state index in [1.165, 1.54) is 11.1 Å². The van der Waals surface area contributed by atoms with Crippen LogP contribution in [0.2, 0.25) is 13.1 Å². The number of alkyl halides is 1. The van der Waals surface area contributed by atoms with E-state index in [2.05, 4.69) is 84.5 Å². The van der Waals surface area contributed by atoms with Gasteiger partial charge in [-0.15, -0.1) is 0 Å². The van der Waals surface area contributed by atoms with Crippen molar-refractivity contribution in [3.05, 3.63) is 27.7 Å². The van der Waals surface area contributed by atoms with Gasteiger partial charge in [0.05, 0.1) is 4.47 Å². The maximum atomic E-state index is 5.97. The lowest BCUT2D eigenvalue weighted by molar-refractivity contribution is 0.556. The van der Waals surface area contributed by atoms with Crippen LogP contribution in [0.5, 0.6) is 5.75 Å². The molecule has 0 aliphatic rings. The highest BCUT2D eigenvalue weighted by Crippen LogP contribution is 2.36. The van der Waals surface area contributed by atoms with Gasteiger partial charge in [-0.3, -0.25) is 0 Å². The Morgan fingerprint density at radius 3 is 2.29 bits per heavy atom. The summed E-state index contributed by atoms with van der Waals surface area (Å²) in [4.78, 5) is 0. The molecular weight excluding hydrogens is 407 g/mol. The molecule has 1 aromatic rings. The minimum Gasteiger partial charge on any atom is -0.542 e. The van der Waals surface area contributed by atoms with E-state index < -0.39 is 9.04 Å². The second-order valence-electron chi connectivity index (χ2n) is 5.34. The zero-order valence-corrected chi connectivity index (χ0v) is 15.8. The molecule has 4 heteroatoms. The topological polar surface area (TPSA) is 9.23 Å². The van der Waals surface area contributed by atoms with E-state index in [0.29, 0.717) is 0 Å². The molecule has 0 spiro atoms. The van der Waals surface area contributed by atoms with Gasteiger partial charge in [-0.05, 0) is 51.6 Å². The fraction of sp³-hybridized carbons (Fsp3) is 0.538. The summed E-state index contributed by atoms with van der Waals surface area (Å²) in [5, 5.41) is 0. The number of hydrogen-bond donors (Lipinski definition) is 0. The van der Waals surface area contributed by atoms with Crippen LogP contribution in [0.4, 0.5) is 0 Å². The largest absolute Gasteiger partial charge is 0.542 e. The highest BCUT2D eigenvalue weighted by Gasteiger charge is 2.18. The van der Waals surface area contributed by atoms with Gasteiger partial charge in [0.25, 0.3) is 9.04 Å². The van der Waals surface area contributed by atoms with E-state index >= 15 is 0 Å². The van der Waals surface area contributed by atoms with Crippen molar-refractivity contribution in [1.82, 2.24) is 0 Å². The molecule has 0 unspecified atom stereocenters. The lowest BCUT2D eigenvalue weighted by atomic mass is 9.86. The molecule has 0 aliphatic carbocycles. The highest BCUT2D eigenvalue weighted by atomic mass is 127. The second kappa shape index (κ2) is 6.06. The first-order valence-corrected chi connectivity index (χ1v) is 10.3. The third-order valence-electron chi connectivity index (χ3n) is 2.44. The van der Waals surface area contributed by atoms with Crippen molar-refractivity contribution < 1.29 is 4.43 Å². The minimum absolute atomic E-state index is 0.160. The molecular formula is C13H19BrIOSi.